The fraction of sp³-hybridized carbons (Fsp3) is 0.545. The number of fused-ring (bicyclic) bond motifs is 1. The summed E-state index contributed by atoms with van der Waals surface area (Å²) in [5.74, 6) is 0.771. The number of nitrogens with one attached hydrogen (secondary N) is 1. The molecule has 90 valence electrons. The molecule has 0 radical (unpaired) electrons. The van der Waals surface area contributed by atoms with Crippen molar-refractivity contribution in [1.29, 1.82) is 0 Å². The molecule has 1 saturated carbocycles. The Morgan fingerprint density at radius 1 is 1.35 bits per heavy atom. The lowest BCUT2D eigenvalue weighted by Gasteiger charge is -2.29. The van der Waals surface area contributed by atoms with Crippen molar-refractivity contribution in [1.82, 2.24) is 19.6 Å². The third-order valence-corrected chi connectivity index (χ3v) is 3.36. The van der Waals surface area contributed by atoms with Gasteiger partial charge in [-0.05, 0) is 12.8 Å². The van der Waals surface area contributed by atoms with Crippen LogP contribution in [0.5, 0.6) is 0 Å². The largest absolute Gasteiger partial charge is 0.363 e. The predicted molar refractivity (Wildman–Crippen MR) is 64.6 cm³/mol. The summed E-state index contributed by atoms with van der Waals surface area (Å²) in [5.41, 5.74) is 6.87. The minimum atomic E-state index is 0.203. The first-order valence-corrected chi connectivity index (χ1v) is 6.01. The van der Waals surface area contributed by atoms with Gasteiger partial charge in [-0.15, -0.1) is 10.2 Å². The maximum Gasteiger partial charge on any atom is 0.203 e. The van der Waals surface area contributed by atoms with Crippen molar-refractivity contribution in [2.24, 2.45) is 5.73 Å². The molecular formula is C11H16N6. The summed E-state index contributed by atoms with van der Waals surface area (Å²) in [4.78, 5) is 4.32. The van der Waals surface area contributed by atoms with Gasteiger partial charge in [0.05, 0.1) is 0 Å². The van der Waals surface area contributed by atoms with Gasteiger partial charge >= 0.3 is 0 Å². The second-order valence-corrected chi connectivity index (χ2v) is 4.54. The monoisotopic (exact) mass is 232 g/mol. The summed E-state index contributed by atoms with van der Waals surface area (Å²) in [6.07, 6.45) is 9.87. The van der Waals surface area contributed by atoms with Gasteiger partial charge in [0.1, 0.15) is 6.33 Å². The predicted octanol–water partition coefficient (Wildman–Crippen LogP) is 0.806. The first kappa shape index (κ1) is 10.5. The van der Waals surface area contributed by atoms with E-state index in [2.05, 4.69) is 20.5 Å². The van der Waals surface area contributed by atoms with Gasteiger partial charge in [-0.3, -0.25) is 4.40 Å². The van der Waals surface area contributed by atoms with Gasteiger partial charge in [0.15, 0.2) is 5.82 Å². The van der Waals surface area contributed by atoms with Gasteiger partial charge in [0, 0.05) is 24.5 Å². The third-order valence-electron chi connectivity index (χ3n) is 3.36. The number of hydrogen-bond donors (Lipinski definition) is 2. The van der Waals surface area contributed by atoms with E-state index in [4.69, 9.17) is 5.73 Å². The molecule has 6 heteroatoms. The number of aromatic nitrogens is 4. The number of nitrogens with zero attached hydrogens (tertiary/aromatic N) is 4. The number of rotatable bonds is 2. The van der Waals surface area contributed by atoms with Crippen LogP contribution in [0.2, 0.25) is 0 Å². The highest BCUT2D eigenvalue weighted by Gasteiger charge is 2.22. The molecule has 6 nitrogen and oxygen atoms in total. The smallest absolute Gasteiger partial charge is 0.203 e. The molecule has 3 N–H and O–H groups in total. The van der Waals surface area contributed by atoms with E-state index in [9.17, 15) is 0 Å². The molecule has 2 aromatic heterocycles. The number of hydrogen-bond acceptors (Lipinski definition) is 5. The average Bonchev–Trinajstić information content (AvgIpc) is 2.81. The van der Waals surface area contributed by atoms with Crippen LogP contribution in [0.15, 0.2) is 18.7 Å². The molecule has 0 bridgehead atoms. The van der Waals surface area contributed by atoms with E-state index in [0.717, 1.165) is 24.3 Å². The second-order valence-electron chi connectivity index (χ2n) is 4.54. The SMILES string of the molecule is N[C@@H]1CCCC[C@H]1Nc1nccn2cnnc12. The summed E-state index contributed by atoms with van der Waals surface area (Å²) in [6, 6.07) is 0.493. The quantitative estimate of drug-likeness (QED) is 0.800. The lowest BCUT2D eigenvalue weighted by molar-refractivity contribution is 0.403. The fourth-order valence-corrected chi connectivity index (χ4v) is 2.37. The Bertz CT molecular complexity index is 507. The van der Waals surface area contributed by atoms with E-state index >= 15 is 0 Å². The highest BCUT2D eigenvalue weighted by Crippen LogP contribution is 2.21. The maximum atomic E-state index is 6.11. The van der Waals surface area contributed by atoms with Gasteiger partial charge in [-0.25, -0.2) is 4.98 Å². The lowest BCUT2D eigenvalue weighted by atomic mass is 9.91. The topological polar surface area (TPSA) is 81.1 Å². The van der Waals surface area contributed by atoms with Crippen molar-refractivity contribution in [3.05, 3.63) is 18.7 Å². The molecule has 1 aliphatic carbocycles. The van der Waals surface area contributed by atoms with Crippen LogP contribution in [0.3, 0.4) is 0 Å². The van der Waals surface area contributed by atoms with Crippen LogP contribution in [0, 0.1) is 0 Å². The maximum absolute atomic E-state index is 6.11. The highest BCUT2D eigenvalue weighted by atomic mass is 15.2. The van der Waals surface area contributed by atoms with Crippen molar-refractivity contribution in [3.63, 3.8) is 0 Å². The van der Waals surface area contributed by atoms with Crippen LogP contribution < -0.4 is 11.1 Å². The van der Waals surface area contributed by atoms with Crippen LogP contribution in [0.4, 0.5) is 5.82 Å². The molecule has 1 fully saturated rings. The van der Waals surface area contributed by atoms with Crippen molar-refractivity contribution in [2.45, 2.75) is 37.8 Å². The zero-order chi connectivity index (χ0) is 11.7. The van der Waals surface area contributed by atoms with Gasteiger partial charge in [0.25, 0.3) is 0 Å². The van der Waals surface area contributed by atoms with Crippen LogP contribution in [0.25, 0.3) is 5.65 Å². The zero-order valence-electron chi connectivity index (χ0n) is 9.58. The zero-order valence-corrected chi connectivity index (χ0v) is 9.58. The Hall–Kier alpha value is -1.69. The van der Waals surface area contributed by atoms with Crippen LogP contribution >= 0.6 is 0 Å². The average molecular weight is 232 g/mol. The second kappa shape index (κ2) is 4.29. The van der Waals surface area contributed by atoms with Gasteiger partial charge in [0.2, 0.25) is 5.65 Å². The van der Waals surface area contributed by atoms with Crippen molar-refractivity contribution < 1.29 is 0 Å². The Kier molecular flexibility index (Phi) is 2.64. The Morgan fingerprint density at radius 2 is 2.24 bits per heavy atom. The minimum Gasteiger partial charge on any atom is -0.363 e. The summed E-state index contributed by atoms with van der Waals surface area (Å²) < 4.78 is 1.85. The van der Waals surface area contributed by atoms with Crippen molar-refractivity contribution in [2.75, 3.05) is 5.32 Å². The van der Waals surface area contributed by atoms with Crippen LogP contribution in [0.1, 0.15) is 25.7 Å². The van der Waals surface area contributed by atoms with E-state index in [0.29, 0.717) is 6.04 Å². The molecule has 0 amide bonds. The normalized spacial score (nSPS) is 25.0. The fourth-order valence-electron chi connectivity index (χ4n) is 2.37. The molecule has 2 atom stereocenters. The Morgan fingerprint density at radius 3 is 3.12 bits per heavy atom. The van der Waals surface area contributed by atoms with E-state index < -0.39 is 0 Å². The Balaban J connectivity index is 1.86. The summed E-state index contributed by atoms with van der Waals surface area (Å²) in [6.45, 7) is 0. The van der Waals surface area contributed by atoms with Gasteiger partial charge in [-0.1, -0.05) is 12.8 Å². The molecule has 17 heavy (non-hydrogen) atoms. The molecule has 0 saturated heterocycles. The summed E-state index contributed by atoms with van der Waals surface area (Å²) in [7, 11) is 0. The highest BCUT2D eigenvalue weighted by molar-refractivity contribution is 5.61. The van der Waals surface area contributed by atoms with Crippen molar-refractivity contribution >= 4 is 11.5 Å². The molecule has 1 aliphatic rings. The lowest BCUT2D eigenvalue weighted by Crippen LogP contribution is -2.42. The molecule has 0 spiro atoms. The molecule has 2 aromatic rings. The first-order chi connectivity index (χ1) is 8.34. The van der Waals surface area contributed by atoms with Crippen LogP contribution in [-0.2, 0) is 0 Å². The van der Waals surface area contributed by atoms with E-state index in [1.54, 1.807) is 12.5 Å². The summed E-state index contributed by atoms with van der Waals surface area (Å²) in [5, 5.41) is 11.3. The standard InChI is InChI=1S/C11H16N6/c12-8-3-1-2-4-9(8)15-10-11-16-14-7-17(11)6-5-13-10/h5-9H,1-4,12H2,(H,13,15)/t8-,9-/m1/s1. The molecule has 0 aromatic carbocycles. The van der Waals surface area contributed by atoms with E-state index in [1.165, 1.54) is 12.8 Å². The van der Waals surface area contributed by atoms with Gasteiger partial charge < -0.3 is 11.1 Å². The third kappa shape index (κ3) is 1.95. The van der Waals surface area contributed by atoms with E-state index in [1.807, 2.05) is 10.6 Å². The number of anilines is 1. The first-order valence-electron chi connectivity index (χ1n) is 6.01. The Labute approximate surface area is 99.3 Å². The van der Waals surface area contributed by atoms with Crippen molar-refractivity contribution in [3.8, 4) is 0 Å². The van der Waals surface area contributed by atoms with E-state index in [-0.39, 0.29) is 6.04 Å². The molecule has 3 rings (SSSR count). The molecule has 2 heterocycles. The molecule has 0 unspecified atom stereocenters. The van der Waals surface area contributed by atoms with Crippen LogP contribution in [-0.4, -0.2) is 31.7 Å². The summed E-state index contributed by atoms with van der Waals surface area (Å²) >= 11 is 0. The van der Waals surface area contributed by atoms with Gasteiger partial charge in [-0.2, -0.15) is 0 Å². The number of nitrogens with two attached hydrogens (primary N) is 1. The minimum absolute atomic E-state index is 0.203. The molecule has 0 aliphatic heterocycles. The molecular weight excluding hydrogens is 216 g/mol.